The van der Waals surface area contributed by atoms with Gasteiger partial charge in [0, 0.05) is 18.7 Å². The zero-order chi connectivity index (χ0) is 35.8. The topological polar surface area (TPSA) is 154 Å². The van der Waals surface area contributed by atoms with Gasteiger partial charge in [-0.25, -0.2) is 0 Å². The van der Waals surface area contributed by atoms with Gasteiger partial charge in [0.15, 0.2) is 0 Å². The Hall–Kier alpha value is -3.89. The molecule has 0 amide bonds. The molecule has 0 radical (unpaired) electrons. The molecule has 1 atom stereocenters. The summed E-state index contributed by atoms with van der Waals surface area (Å²) in [6.45, 7) is 17.4. The number of unbranched alkanes of at least 4 members (excludes halogenated alkanes) is 4. The summed E-state index contributed by atoms with van der Waals surface area (Å²) in [5.41, 5.74) is 2.61. The summed E-state index contributed by atoms with van der Waals surface area (Å²) in [6, 6.07) is 10.8. The van der Waals surface area contributed by atoms with Gasteiger partial charge in [0.1, 0.15) is 0 Å². The van der Waals surface area contributed by atoms with Gasteiger partial charge in [0.2, 0.25) is 0 Å². The van der Waals surface area contributed by atoms with Crippen molar-refractivity contribution in [2.24, 2.45) is 5.92 Å². The third-order valence-corrected chi connectivity index (χ3v) is 5.72. The van der Waals surface area contributed by atoms with Crippen molar-refractivity contribution in [3.8, 4) is 0 Å². The van der Waals surface area contributed by atoms with E-state index in [9.17, 15) is 14.9 Å². The first-order chi connectivity index (χ1) is 22.2. The molecular weight excluding hydrogens is 590 g/mol. The van der Waals surface area contributed by atoms with E-state index in [1.54, 1.807) is 0 Å². The number of hydrogen-bond donors (Lipinski definition) is 2. The van der Waals surface area contributed by atoms with E-state index in [0.29, 0.717) is 25.2 Å². The number of hydrogen-bond acceptors (Lipinski definition) is 8. The molecule has 0 bridgehead atoms. The Balaban J connectivity index is -0.000000348. The van der Waals surface area contributed by atoms with E-state index in [1.807, 2.05) is 27.7 Å². The smallest absolute Gasteiger partial charge is 0.303 e. The minimum atomic E-state index is -0.875. The van der Waals surface area contributed by atoms with Crippen molar-refractivity contribution in [2.45, 2.75) is 119 Å². The summed E-state index contributed by atoms with van der Waals surface area (Å²) in [6.07, 6.45) is 20.8. The van der Waals surface area contributed by atoms with Crippen LogP contribution in [0.5, 0.6) is 0 Å². The Kier molecular flexibility index (Phi) is 43.8. The average molecular weight is 654 g/mol. The van der Waals surface area contributed by atoms with Crippen LogP contribution < -0.4 is 5.32 Å². The van der Waals surface area contributed by atoms with E-state index in [-0.39, 0.29) is 13.0 Å². The standard InChI is InChI=1S/C24H37N.C6H11NO5.2C2H6.CH3NO3/c1-4-15-23(17-10-6-9-16-22(3)25-5-2)18-11-7-12-19-24-20-13-8-14-21-24;8-6(9)4-2-1-3-5-12-7(10)11;2*1-2;1-5-2(3)4/h8,10-11,13-14,17-18,20-21,23,25H,3-7,9,12,15-16,19H2,1-2H3;1-5H2,(H,8,9);2*1-2H3;1H3/b17-10-,18-11+;;;;. The number of rotatable bonds is 22. The van der Waals surface area contributed by atoms with Crippen LogP contribution in [0.1, 0.15) is 118 Å². The zero-order valence-corrected chi connectivity index (χ0v) is 29.6. The van der Waals surface area contributed by atoms with Crippen LogP contribution in [0.2, 0.25) is 0 Å². The molecule has 0 fully saturated rings. The van der Waals surface area contributed by atoms with E-state index in [0.717, 1.165) is 26.5 Å². The molecule has 1 unspecified atom stereocenters. The molecule has 2 N–H and O–H groups in total. The van der Waals surface area contributed by atoms with Gasteiger partial charge in [-0.15, -0.1) is 20.2 Å². The second kappa shape index (κ2) is 41.1. The maximum absolute atomic E-state index is 10.0. The Morgan fingerprint density at radius 3 is 1.96 bits per heavy atom. The first kappa shape index (κ1) is 49.0. The minimum absolute atomic E-state index is 0.0482. The van der Waals surface area contributed by atoms with Crippen LogP contribution in [0, 0.1) is 26.1 Å². The van der Waals surface area contributed by atoms with E-state index in [1.165, 1.54) is 49.8 Å². The van der Waals surface area contributed by atoms with Crippen LogP contribution in [-0.4, -0.2) is 41.5 Å². The number of allylic oxidation sites excluding steroid dienone is 5. The molecule has 11 nitrogen and oxygen atoms in total. The van der Waals surface area contributed by atoms with E-state index < -0.39 is 16.1 Å². The van der Waals surface area contributed by atoms with Crippen molar-refractivity contribution in [1.29, 1.82) is 0 Å². The van der Waals surface area contributed by atoms with Crippen molar-refractivity contribution < 1.29 is 29.7 Å². The molecule has 1 rings (SSSR count). The van der Waals surface area contributed by atoms with Crippen LogP contribution in [0.25, 0.3) is 0 Å². The highest BCUT2D eigenvalue weighted by Crippen LogP contribution is 2.13. The Labute approximate surface area is 278 Å². The molecule has 0 saturated carbocycles. The summed E-state index contributed by atoms with van der Waals surface area (Å²) in [7, 11) is 1.00. The predicted octanol–water partition coefficient (Wildman–Crippen LogP) is 9.55. The normalized spacial score (nSPS) is 10.3. The van der Waals surface area contributed by atoms with Gasteiger partial charge in [0.05, 0.1) is 13.7 Å². The summed E-state index contributed by atoms with van der Waals surface area (Å²) in [4.78, 5) is 36.1. The van der Waals surface area contributed by atoms with E-state index in [4.69, 9.17) is 15.2 Å². The highest BCUT2D eigenvalue weighted by Gasteiger charge is 1.99. The SMILES string of the molecule is C=C(CCC/C=C\C(/C=C/CCCc1ccccc1)CCC)NCC.CC.CC.CO[N+](=O)[O-].O=C(O)CCCCCO[N+](=O)[O-]. The fourth-order valence-corrected chi connectivity index (χ4v) is 3.67. The summed E-state index contributed by atoms with van der Waals surface area (Å²) in [5.74, 6) is -0.246. The summed E-state index contributed by atoms with van der Waals surface area (Å²) >= 11 is 0. The minimum Gasteiger partial charge on any atom is -0.481 e. The lowest BCUT2D eigenvalue weighted by atomic mass is 10.0. The second-order valence-electron chi connectivity index (χ2n) is 9.38. The van der Waals surface area contributed by atoms with Crippen LogP contribution >= 0.6 is 0 Å². The Morgan fingerprint density at radius 1 is 0.913 bits per heavy atom. The van der Waals surface area contributed by atoms with Crippen molar-refractivity contribution in [2.75, 3.05) is 20.3 Å². The van der Waals surface area contributed by atoms with Gasteiger partial charge in [-0.2, -0.15) is 0 Å². The van der Waals surface area contributed by atoms with Crippen molar-refractivity contribution in [3.63, 3.8) is 0 Å². The third kappa shape index (κ3) is 44.5. The third-order valence-electron chi connectivity index (χ3n) is 5.72. The molecule has 0 aliphatic rings. The van der Waals surface area contributed by atoms with Crippen LogP contribution in [0.3, 0.4) is 0 Å². The molecule has 1 aromatic carbocycles. The van der Waals surface area contributed by atoms with E-state index >= 15 is 0 Å². The molecule has 46 heavy (non-hydrogen) atoms. The lowest BCUT2D eigenvalue weighted by Gasteiger charge is -2.07. The number of nitrogens with zero attached hydrogens (tertiary/aromatic N) is 2. The first-order valence-electron chi connectivity index (χ1n) is 16.6. The van der Waals surface area contributed by atoms with Crippen molar-refractivity contribution in [1.82, 2.24) is 5.32 Å². The summed E-state index contributed by atoms with van der Waals surface area (Å²) in [5, 5.41) is 28.4. The number of carbonyl (C=O) groups is 1. The molecule has 0 heterocycles. The molecule has 11 heteroatoms. The zero-order valence-electron chi connectivity index (χ0n) is 29.6. The Morgan fingerprint density at radius 2 is 1.48 bits per heavy atom. The maximum Gasteiger partial charge on any atom is 0.303 e. The van der Waals surface area contributed by atoms with E-state index in [2.05, 4.69) is 90.1 Å². The van der Waals surface area contributed by atoms with Gasteiger partial charge in [-0.3, -0.25) is 4.79 Å². The number of nitrogens with one attached hydrogen (secondary N) is 1. The van der Waals surface area contributed by atoms with Gasteiger partial charge >= 0.3 is 5.97 Å². The molecule has 266 valence electrons. The first-order valence-corrected chi connectivity index (χ1v) is 16.6. The van der Waals surface area contributed by atoms with Crippen LogP contribution in [0.4, 0.5) is 0 Å². The number of aryl methyl sites for hydroxylation is 1. The molecular formula is C35H63N3O8. The lowest BCUT2D eigenvalue weighted by Crippen LogP contribution is -2.10. The molecule has 0 saturated heterocycles. The molecule has 0 aliphatic heterocycles. The van der Waals surface area contributed by atoms with Gasteiger partial charge < -0.3 is 20.1 Å². The highest BCUT2D eigenvalue weighted by atomic mass is 17.0. The fraction of sp³-hybridized carbons (Fsp3) is 0.629. The largest absolute Gasteiger partial charge is 0.481 e. The van der Waals surface area contributed by atoms with Gasteiger partial charge in [0.25, 0.3) is 10.2 Å². The second-order valence-corrected chi connectivity index (χ2v) is 9.38. The Bertz CT molecular complexity index is 875. The predicted molar refractivity (Wildman–Crippen MR) is 188 cm³/mol. The fourth-order valence-electron chi connectivity index (χ4n) is 3.67. The average Bonchev–Trinajstić information content (AvgIpc) is 3.05. The maximum atomic E-state index is 10.0. The highest BCUT2D eigenvalue weighted by molar-refractivity contribution is 5.66. The molecule has 0 spiro atoms. The monoisotopic (exact) mass is 653 g/mol. The number of carboxylic acids is 1. The van der Waals surface area contributed by atoms with Gasteiger partial charge in [-0.05, 0) is 76.2 Å². The number of benzene rings is 1. The summed E-state index contributed by atoms with van der Waals surface area (Å²) < 4.78 is 0. The lowest BCUT2D eigenvalue weighted by molar-refractivity contribution is -0.757. The quantitative estimate of drug-likeness (QED) is 0.0538. The number of carboxylic acid groups (broad SMARTS) is 1. The van der Waals surface area contributed by atoms with Gasteiger partial charge in [-0.1, -0.05) is 109 Å². The molecule has 0 aliphatic carbocycles. The molecule has 1 aromatic rings. The van der Waals surface area contributed by atoms with Crippen molar-refractivity contribution >= 4 is 5.97 Å². The molecule has 0 aromatic heterocycles. The van der Waals surface area contributed by atoms with Crippen molar-refractivity contribution in [3.05, 3.63) is 92.7 Å². The van der Waals surface area contributed by atoms with Crippen LogP contribution in [0.15, 0.2) is 66.9 Å². The number of aliphatic carboxylic acids is 1. The van der Waals surface area contributed by atoms with Crippen LogP contribution in [-0.2, 0) is 20.9 Å².